The van der Waals surface area contributed by atoms with Crippen LogP contribution in [0.2, 0.25) is 5.02 Å². The van der Waals surface area contributed by atoms with Crippen LogP contribution < -0.4 is 11.1 Å². The third-order valence-electron chi connectivity index (χ3n) is 2.14. The van der Waals surface area contributed by atoms with Gasteiger partial charge in [-0.1, -0.05) is 27.5 Å². The van der Waals surface area contributed by atoms with E-state index in [0.29, 0.717) is 17.1 Å². The Morgan fingerprint density at radius 2 is 2.12 bits per heavy atom. The van der Waals surface area contributed by atoms with Gasteiger partial charge < -0.3 is 11.1 Å². The van der Waals surface area contributed by atoms with Gasteiger partial charge in [0.1, 0.15) is 0 Å². The summed E-state index contributed by atoms with van der Waals surface area (Å²) < 4.78 is 0.840. The zero-order valence-electron chi connectivity index (χ0n) is 9.59. The number of hydrogen-bond acceptors (Lipinski definition) is 2. The Morgan fingerprint density at radius 3 is 2.59 bits per heavy atom. The van der Waals surface area contributed by atoms with Gasteiger partial charge in [-0.3, -0.25) is 4.79 Å². The minimum Gasteiger partial charge on any atom is -0.346 e. The van der Waals surface area contributed by atoms with Crippen LogP contribution in [-0.2, 0) is 0 Å². The van der Waals surface area contributed by atoms with Crippen molar-refractivity contribution in [1.29, 1.82) is 0 Å². The molecule has 0 unspecified atom stereocenters. The van der Waals surface area contributed by atoms with Gasteiger partial charge in [-0.15, -0.1) is 12.4 Å². The van der Waals surface area contributed by atoms with Gasteiger partial charge in [0.2, 0.25) is 0 Å². The third kappa shape index (κ3) is 4.84. The average molecular weight is 342 g/mol. The van der Waals surface area contributed by atoms with Crippen molar-refractivity contribution in [1.82, 2.24) is 5.32 Å². The fraction of sp³-hybridized carbons (Fsp3) is 0.364. The Hall–Kier alpha value is -0.290. The van der Waals surface area contributed by atoms with Crippen molar-refractivity contribution >= 4 is 45.8 Å². The number of halogens is 3. The van der Waals surface area contributed by atoms with Crippen LogP contribution in [0.4, 0.5) is 0 Å². The molecule has 0 saturated carbocycles. The summed E-state index contributed by atoms with van der Waals surface area (Å²) in [5, 5.41) is 3.24. The standard InChI is InChI=1S/C11H14BrClN2O.ClH/c1-11(2,6-14)15-10(16)8-4-3-7(12)5-9(8)13;/h3-5H,6,14H2,1-2H3,(H,15,16);1H. The Kier molecular flexibility index (Phi) is 6.48. The Bertz CT molecular complexity index is 410. The summed E-state index contributed by atoms with van der Waals surface area (Å²) in [6, 6.07) is 5.14. The van der Waals surface area contributed by atoms with Gasteiger partial charge >= 0.3 is 0 Å². The molecule has 0 bridgehead atoms. The molecule has 0 atom stereocenters. The predicted octanol–water partition coefficient (Wildman–Crippen LogP) is 2.99. The molecule has 0 radical (unpaired) electrons. The van der Waals surface area contributed by atoms with E-state index in [0.717, 1.165) is 4.47 Å². The maximum Gasteiger partial charge on any atom is 0.253 e. The summed E-state index contributed by atoms with van der Waals surface area (Å²) in [6.45, 7) is 4.09. The highest BCUT2D eigenvalue weighted by Gasteiger charge is 2.20. The van der Waals surface area contributed by atoms with E-state index in [4.69, 9.17) is 17.3 Å². The van der Waals surface area contributed by atoms with Crippen LogP contribution in [0, 0.1) is 0 Å². The van der Waals surface area contributed by atoms with Crippen LogP contribution in [-0.4, -0.2) is 18.0 Å². The van der Waals surface area contributed by atoms with Crippen LogP contribution >= 0.6 is 39.9 Å². The molecule has 0 aliphatic rings. The predicted molar refractivity (Wildman–Crippen MR) is 77.0 cm³/mol. The largest absolute Gasteiger partial charge is 0.346 e. The third-order valence-corrected chi connectivity index (χ3v) is 2.94. The lowest BCUT2D eigenvalue weighted by molar-refractivity contribution is 0.0916. The second kappa shape index (κ2) is 6.59. The van der Waals surface area contributed by atoms with Gasteiger partial charge in [0.05, 0.1) is 10.6 Å². The number of rotatable bonds is 3. The molecule has 0 saturated heterocycles. The molecule has 0 heterocycles. The fourth-order valence-corrected chi connectivity index (χ4v) is 1.86. The summed E-state index contributed by atoms with van der Waals surface area (Å²) in [5.41, 5.74) is 5.55. The topological polar surface area (TPSA) is 55.1 Å². The normalized spacial score (nSPS) is 10.6. The molecule has 6 heteroatoms. The highest BCUT2D eigenvalue weighted by Crippen LogP contribution is 2.21. The smallest absolute Gasteiger partial charge is 0.253 e. The van der Waals surface area contributed by atoms with Gasteiger partial charge in [-0.2, -0.15) is 0 Å². The molecule has 0 aliphatic carbocycles. The van der Waals surface area contributed by atoms with Gasteiger partial charge in [0.15, 0.2) is 0 Å². The van der Waals surface area contributed by atoms with Gasteiger partial charge in [-0.25, -0.2) is 0 Å². The number of carbonyl (C=O) groups excluding carboxylic acids is 1. The van der Waals surface area contributed by atoms with E-state index in [1.165, 1.54) is 0 Å². The van der Waals surface area contributed by atoms with Crippen LogP contribution in [0.5, 0.6) is 0 Å². The molecule has 3 nitrogen and oxygen atoms in total. The Balaban J connectivity index is 0.00000256. The van der Waals surface area contributed by atoms with Gasteiger partial charge in [0, 0.05) is 16.6 Å². The quantitative estimate of drug-likeness (QED) is 0.887. The van der Waals surface area contributed by atoms with Crippen molar-refractivity contribution in [3.05, 3.63) is 33.3 Å². The molecule has 0 aromatic heterocycles. The lowest BCUT2D eigenvalue weighted by atomic mass is 10.1. The van der Waals surface area contributed by atoms with E-state index in [2.05, 4.69) is 21.2 Å². The molecule has 3 N–H and O–H groups in total. The Labute approximate surface area is 121 Å². The molecule has 1 aromatic rings. The molecule has 0 aliphatic heterocycles. The number of hydrogen-bond donors (Lipinski definition) is 2. The average Bonchev–Trinajstić information content (AvgIpc) is 2.16. The van der Waals surface area contributed by atoms with Crippen LogP contribution in [0.15, 0.2) is 22.7 Å². The second-order valence-electron chi connectivity index (χ2n) is 4.17. The second-order valence-corrected chi connectivity index (χ2v) is 5.49. The van der Waals surface area contributed by atoms with E-state index in [-0.39, 0.29) is 18.3 Å². The highest BCUT2D eigenvalue weighted by molar-refractivity contribution is 9.10. The first-order chi connectivity index (χ1) is 7.35. The van der Waals surface area contributed by atoms with Crippen LogP contribution in [0.1, 0.15) is 24.2 Å². The van der Waals surface area contributed by atoms with Gasteiger partial charge in [-0.05, 0) is 32.0 Å². The van der Waals surface area contributed by atoms with Crippen molar-refractivity contribution in [3.8, 4) is 0 Å². The van der Waals surface area contributed by atoms with Crippen molar-refractivity contribution in [3.63, 3.8) is 0 Å². The zero-order valence-corrected chi connectivity index (χ0v) is 12.7. The minimum atomic E-state index is -0.437. The lowest BCUT2D eigenvalue weighted by Gasteiger charge is -2.24. The van der Waals surface area contributed by atoms with E-state index >= 15 is 0 Å². The Morgan fingerprint density at radius 1 is 1.53 bits per heavy atom. The molecule has 0 spiro atoms. The van der Waals surface area contributed by atoms with Gasteiger partial charge in [0.25, 0.3) is 5.91 Å². The molecule has 1 rings (SSSR count). The molecule has 0 fully saturated rings. The lowest BCUT2D eigenvalue weighted by Crippen LogP contribution is -2.48. The first kappa shape index (κ1) is 16.7. The number of carbonyl (C=O) groups is 1. The number of nitrogens with two attached hydrogens (primary N) is 1. The molecule has 1 aromatic carbocycles. The van der Waals surface area contributed by atoms with E-state index < -0.39 is 5.54 Å². The zero-order chi connectivity index (χ0) is 12.3. The summed E-state index contributed by atoms with van der Waals surface area (Å²) in [5.74, 6) is -0.215. The molecule has 1 amide bonds. The summed E-state index contributed by atoms with van der Waals surface area (Å²) in [6.07, 6.45) is 0. The van der Waals surface area contributed by atoms with Crippen LogP contribution in [0.25, 0.3) is 0 Å². The van der Waals surface area contributed by atoms with E-state index in [9.17, 15) is 4.79 Å². The van der Waals surface area contributed by atoms with Crippen LogP contribution in [0.3, 0.4) is 0 Å². The maximum absolute atomic E-state index is 11.9. The minimum absolute atomic E-state index is 0. The summed E-state index contributed by atoms with van der Waals surface area (Å²) in [4.78, 5) is 11.9. The molecule has 17 heavy (non-hydrogen) atoms. The molecular weight excluding hydrogens is 327 g/mol. The monoisotopic (exact) mass is 340 g/mol. The maximum atomic E-state index is 11.9. The first-order valence-electron chi connectivity index (χ1n) is 4.83. The SMILES string of the molecule is CC(C)(CN)NC(=O)c1ccc(Br)cc1Cl.Cl. The van der Waals surface area contributed by atoms with E-state index in [1.807, 2.05) is 13.8 Å². The van der Waals surface area contributed by atoms with Crippen molar-refractivity contribution in [2.45, 2.75) is 19.4 Å². The van der Waals surface area contributed by atoms with Crippen molar-refractivity contribution < 1.29 is 4.79 Å². The fourth-order valence-electron chi connectivity index (χ4n) is 1.10. The number of benzene rings is 1. The number of nitrogens with one attached hydrogen (secondary N) is 1. The first-order valence-corrected chi connectivity index (χ1v) is 6.00. The highest BCUT2D eigenvalue weighted by atomic mass is 79.9. The molecular formula is C11H15BrCl2N2O. The van der Waals surface area contributed by atoms with Crippen molar-refractivity contribution in [2.75, 3.05) is 6.54 Å². The summed E-state index contributed by atoms with van der Waals surface area (Å²) in [7, 11) is 0. The van der Waals surface area contributed by atoms with Crippen molar-refractivity contribution in [2.24, 2.45) is 5.73 Å². The van der Waals surface area contributed by atoms with E-state index in [1.54, 1.807) is 18.2 Å². The summed E-state index contributed by atoms with van der Waals surface area (Å²) >= 11 is 9.26. The molecule has 96 valence electrons. The number of amides is 1.